The van der Waals surface area contributed by atoms with Gasteiger partial charge in [0.25, 0.3) is 0 Å². The molecular formula is C23H26BrNO2. The molecule has 6 rings (SSSR count). The molecule has 0 saturated heterocycles. The van der Waals surface area contributed by atoms with E-state index in [0.29, 0.717) is 6.42 Å². The van der Waals surface area contributed by atoms with Crippen molar-refractivity contribution < 1.29 is 9.53 Å². The summed E-state index contributed by atoms with van der Waals surface area (Å²) >= 11 is 3.54. The Morgan fingerprint density at radius 1 is 1.11 bits per heavy atom. The van der Waals surface area contributed by atoms with Crippen LogP contribution >= 0.6 is 15.9 Å². The van der Waals surface area contributed by atoms with Crippen LogP contribution in [0.3, 0.4) is 0 Å². The molecule has 1 N–H and O–H groups in total. The minimum absolute atomic E-state index is 0.0622. The van der Waals surface area contributed by atoms with E-state index in [2.05, 4.69) is 39.4 Å². The minimum atomic E-state index is 0.0622. The molecule has 0 atom stereocenters. The van der Waals surface area contributed by atoms with Crippen molar-refractivity contribution in [1.82, 2.24) is 5.32 Å². The predicted molar refractivity (Wildman–Crippen MR) is 111 cm³/mol. The molecule has 0 unspecified atom stereocenters. The molecular weight excluding hydrogens is 402 g/mol. The van der Waals surface area contributed by atoms with Crippen LogP contribution in [0.2, 0.25) is 0 Å². The molecule has 27 heavy (non-hydrogen) atoms. The van der Waals surface area contributed by atoms with E-state index in [1.807, 2.05) is 12.1 Å². The van der Waals surface area contributed by atoms with Crippen molar-refractivity contribution in [3.63, 3.8) is 0 Å². The van der Waals surface area contributed by atoms with E-state index in [4.69, 9.17) is 4.74 Å². The van der Waals surface area contributed by atoms with Crippen LogP contribution in [0.5, 0.6) is 5.75 Å². The fraction of sp³-hybridized carbons (Fsp3) is 0.522. The van der Waals surface area contributed by atoms with Crippen molar-refractivity contribution >= 4 is 32.6 Å². The number of nitrogens with one attached hydrogen (secondary N) is 1. The lowest BCUT2D eigenvalue weighted by atomic mass is 9.53. The fourth-order valence-electron chi connectivity index (χ4n) is 6.48. The second kappa shape index (κ2) is 6.51. The molecule has 3 nitrogen and oxygen atoms in total. The molecule has 0 aliphatic heterocycles. The van der Waals surface area contributed by atoms with Crippen LogP contribution < -0.4 is 10.1 Å². The summed E-state index contributed by atoms with van der Waals surface area (Å²) in [7, 11) is 1.68. The second-order valence-corrected chi connectivity index (χ2v) is 9.95. The van der Waals surface area contributed by atoms with Gasteiger partial charge in [0.2, 0.25) is 5.91 Å². The average Bonchev–Trinajstić information content (AvgIpc) is 2.60. The Morgan fingerprint density at radius 3 is 2.41 bits per heavy atom. The van der Waals surface area contributed by atoms with E-state index in [0.717, 1.165) is 44.3 Å². The summed E-state index contributed by atoms with van der Waals surface area (Å²) < 4.78 is 6.63. The number of carbonyl (C=O) groups is 1. The van der Waals surface area contributed by atoms with E-state index in [-0.39, 0.29) is 11.4 Å². The third kappa shape index (κ3) is 3.16. The van der Waals surface area contributed by atoms with Crippen molar-refractivity contribution in [3.8, 4) is 5.75 Å². The molecule has 4 saturated carbocycles. The van der Waals surface area contributed by atoms with E-state index < -0.39 is 0 Å². The number of fused-ring (bicyclic) bond motifs is 1. The van der Waals surface area contributed by atoms with E-state index in [1.54, 1.807) is 7.11 Å². The Labute approximate surface area is 169 Å². The highest BCUT2D eigenvalue weighted by atomic mass is 79.9. The number of rotatable bonds is 4. The first kappa shape index (κ1) is 17.5. The van der Waals surface area contributed by atoms with Crippen LogP contribution in [0.15, 0.2) is 34.8 Å². The van der Waals surface area contributed by atoms with Gasteiger partial charge in [-0.1, -0.05) is 28.1 Å². The quantitative estimate of drug-likeness (QED) is 0.724. The van der Waals surface area contributed by atoms with Gasteiger partial charge in [0, 0.05) is 15.6 Å². The lowest BCUT2D eigenvalue weighted by Gasteiger charge is -2.56. The number of hydrogen-bond acceptors (Lipinski definition) is 2. The molecule has 0 radical (unpaired) electrons. The Kier molecular flexibility index (Phi) is 4.23. The Hall–Kier alpha value is -1.55. The molecule has 4 aliphatic rings. The minimum Gasteiger partial charge on any atom is -0.496 e. The molecule has 4 bridgehead atoms. The zero-order valence-electron chi connectivity index (χ0n) is 15.8. The number of amides is 1. The molecule has 4 aliphatic carbocycles. The van der Waals surface area contributed by atoms with Crippen LogP contribution in [0.1, 0.15) is 44.1 Å². The van der Waals surface area contributed by atoms with Crippen molar-refractivity contribution in [3.05, 3.63) is 40.4 Å². The van der Waals surface area contributed by atoms with Gasteiger partial charge < -0.3 is 10.1 Å². The summed E-state index contributed by atoms with van der Waals surface area (Å²) in [4.78, 5) is 13.1. The molecule has 4 heteroatoms. The zero-order valence-corrected chi connectivity index (χ0v) is 17.3. The van der Waals surface area contributed by atoms with Gasteiger partial charge in [0.15, 0.2) is 0 Å². The van der Waals surface area contributed by atoms with Gasteiger partial charge in [-0.2, -0.15) is 0 Å². The lowest BCUT2D eigenvalue weighted by Crippen LogP contribution is -2.60. The standard InChI is InChI=1S/C23H26BrNO2/c1-27-21-5-2-17-9-18(24)3-4-19(17)20(21)10-22(26)25-23-11-14-6-15(12-23)8-16(7-14)13-23/h2-5,9,14-16H,6-8,10-13H2,1H3,(H,25,26). The Bertz CT molecular complexity index is 871. The van der Waals surface area contributed by atoms with Gasteiger partial charge in [-0.15, -0.1) is 0 Å². The van der Waals surface area contributed by atoms with Crippen molar-refractivity contribution in [1.29, 1.82) is 0 Å². The predicted octanol–water partition coefficient (Wildman–Crippen LogP) is 5.24. The highest BCUT2D eigenvalue weighted by molar-refractivity contribution is 9.10. The highest BCUT2D eigenvalue weighted by Crippen LogP contribution is 2.55. The summed E-state index contributed by atoms with van der Waals surface area (Å²) in [6.45, 7) is 0. The maximum atomic E-state index is 13.1. The van der Waals surface area contributed by atoms with Gasteiger partial charge in [-0.3, -0.25) is 4.79 Å². The molecule has 0 heterocycles. The number of methoxy groups -OCH3 is 1. The number of ether oxygens (including phenoxy) is 1. The maximum Gasteiger partial charge on any atom is 0.225 e. The summed E-state index contributed by atoms with van der Waals surface area (Å²) in [5.74, 6) is 3.44. The summed E-state index contributed by atoms with van der Waals surface area (Å²) in [6.07, 6.45) is 8.10. The smallest absolute Gasteiger partial charge is 0.225 e. The van der Waals surface area contributed by atoms with Crippen molar-refractivity contribution in [2.45, 2.75) is 50.5 Å². The lowest BCUT2D eigenvalue weighted by molar-refractivity contribution is -0.126. The monoisotopic (exact) mass is 427 g/mol. The first-order valence-corrected chi connectivity index (χ1v) is 10.9. The van der Waals surface area contributed by atoms with Gasteiger partial charge in [0.1, 0.15) is 5.75 Å². The van der Waals surface area contributed by atoms with Gasteiger partial charge in [-0.25, -0.2) is 0 Å². The van der Waals surface area contributed by atoms with Crippen molar-refractivity contribution in [2.24, 2.45) is 17.8 Å². The highest BCUT2D eigenvalue weighted by Gasteiger charge is 2.51. The van der Waals surface area contributed by atoms with Crippen LogP contribution in [0.4, 0.5) is 0 Å². The summed E-state index contributed by atoms with van der Waals surface area (Å²) in [5.41, 5.74) is 1.05. The molecule has 0 spiro atoms. The molecule has 0 aromatic heterocycles. The summed E-state index contributed by atoms with van der Waals surface area (Å²) in [6, 6.07) is 10.2. The van der Waals surface area contributed by atoms with Crippen LogP contribution in [-0.4, -0.2) is 18.6 Å². The normalized spacial score (nSPS) is 31.3. The van der Waals surface area contributed by atoms with Gasteiger partial charge in [-0.05, 0) is 85.3 Å². The molecule has 142 valence electrons. The average molecular weight is 428 g/mol. The van der Waals surface area contributed by atoms with E-state index in [1.165, 1.54) is 38.5 Å². The third-order valence-corrected chi connectivity index (χ3v) is 7.54. The zero-order chi connectivity index (χ0) is 18.6. The van der Waals surface area contributed by atoms with Crippen LogP contribution in [-0.2, 0) is 11.2 Å². The maximum absolute atomic E-state index is 13.1. The first-order valence-electron chi connectivity index (χ1n) is 10.1. The number of carbonyl (C=O) groups excluding carboxylic acids is 1. The largest absolute Gasteiger partial charge is 0.496 e. The van der Waals surface area contributed by atoms with Crippen molar-refractivity contribution in [2.75, 3.05) is 7.11 Å². The second-order valence-electron chi connectivity index (χ2n) is 9.03. The molecule has 4 fully saturated rings. The fourth-order valence-corrected chi connectivity index (χ4v) is 6.86. The SMILES string of the molecule is COc1ccc2cc(Br)ccc2c1CC(=O)NC12CC3CC(CC(C3)C1)C2. The molecule has 2 aromatic rings. The molecule has 1 amide bonds. The Morgan fingerprint density at radius 2 is 1.78 bits per heavy atom. The van der Waals surface area contributed by atoms with E-state index >= 15 is 0 Å². The Balaban J connectivity index is 1.41. The van der Waals surface area contributed by atoms with Crippen LogP contribution in [0.25, 0.3) is 10.8 Å². The van der Waals surface area contributed by atoms with Gasteiger partial charge in [0.05, 0.1) is 13.5 Å². The summed E-state index contributed by atoms with van der Waals surface area (Å²) in [5, 5.41) is 5.72. The van der Waals surface area contributed by atoms with E-state index in [9.17, 15) is 4.79 Å². The van der Waals surface area contributed by atoms with Crippen LogP contribution in [0, 0.1) is 17.8 Å². The number of hydrogen-bond donors (Lipinski definition) is 1. The third-order valence-electron chi connectivity index (χ3n) is 7.05. The molecule has 2 aromatic carbocycles. The van der Waals surface area contributed by atoms with Gasteiger partial charge >= 0.3 is 0 Å². The first-order chi connectivity index (χ1) is 13.0. The topological polar surface area (TPSA) is 38.3 Å². The number of halogens is 1. The number of benzene rings is 2.